The molecule has 27 heavy (non-hydrogen) atoms. The summed E-state index contributed by atoms with van der Waals surface area (Å²) in [5.74, 6) is 0.839. The van der Waals surface area contributed by atoms with Crippen LogP contribution in [0.1, 0.15) is 38.2 Å². The van der Waals surface area contributed by atoms with E-state index < -0.39 is 0 Å². The first kappa shape index (κ1) is 21.2. The molecular weight excluding hydrogens is 340 g/mol. The molecule has 0 saturated carbocycles. The van der Waals surface area contributed by atoms with Gasteiger partial charge in [-0.2, -0.15) is 0 Å². The number of unbranched alkanes of at least 4 members (excludes halogenated alkanes) is 1. The molecule has 1 heterocycles. The predicted octanol–water partition coefficient (Wildman–Crippen LogP) is 2.20. The van der Waals surface area contributed by atoms with Gasteiger partial charge in [0.2, 0.25) is 5.91 Å². The molecular formula is C21H34N4O2. The minimum atomic E-state index is 0.122. The van der Waals surface area contributed by atoms with E-state index in [1.807, 2.05) is 17.9 Å². The van der Waals surface area contributed by atoms with Gasteiger partial charge in [-0.25, -0.2) is 4.99 Å². The topological polar surface area (TPSA) is 66.0 Å². The molecule has 0 unspecified atom stereocenters. The van der Waals surface area contributed by atoms with Crippen LogP contribution in [0.4, 0.5) is 0 Å². The third kappa shape index (κ3) is 8.91. The molecule has 1 saturated heterocycles. The Morgan fingerprint density at radius 3 is 2.63 bits per heavy atom. The fourth-order valence-electron chi connectivity index (χ4n) is 3.03. The van der Waals surface area contributed by atoms with E-state index in [2.05, 4.69) is 39.9 Å². The quantitative estimate of drug-likeness (QED) is 0.354. The Hall–Kier alpha value is -2.08. The van der Waals surface area contributed by atoms with Gasteiger partial charge in [-0.1, -0.05) is 30.3 Å². The van der Waals surface area contributed by atoms with Crippen LogP contribution in [0.25, 0.3) is 0 Å². The Morgan fingerprint density at radius 1 is 1.11 bits per heavy atom. The lowest BCUT2D eigenvalue weighted by molar-refractivity contribution is -0.128. The van der Waals surface area contributed by atoms with Gasteiger partial charge in [0.1, 0.15) is 6.54 Å². The van der Waals surface area contributed by atoms with Crippen LogP contribution in [0, 0.1) is 0 Å². The smallest absolute Gasteiger partial charge is 0.244 e. The van der Waals surface area contributed by atoms with E-state index in [1.165, 1.54) is 5.56 Å². The van der Waals surface area contributed by atoms with Gasteiger partial charge < -0.3 is 20.3 Å². The van der Waals surface area contributed by atoms with Gasteiger partial charge in [-0.05, 0) is 44.6 Å². The summed E-state index contributed by atoms with van der Waals surface area (Å²) in [5.41, 5.74) is 1.31. The molecule has 6 heteroatoms. The molecule has 0 radical (unpaired) electrons. The van der Waals surface area contributed by atoms with Crippen LogP contribution in [0.3, 0.4) is 0 Å². The van der Waals surface area contributed by atoms with Crippen molar-refractivity contribution in [3.8, 4) is 0 Å². The second-order valence-electron chi connectivity index (χ2n) is 6.76. The maximum Gasteiger partial charge on any atom is 0.244 e. The summed E-state index contributed by atoms with van der Waals surface area (Å²) in [6, 6.07) is 10.4. The first-order chi connectivity index (χ1) is 13.3. The number of nitrogens with zero attached hydrogens (tertiary/aromatic N) is 2. The normalized spacial score (nSPS) is 14.4. The molecule has 1 aliphatic rings. The summed E-state index contributed by atoms with van der Waals surface area (Å²) in [5, 5.41) is 6.49. The minimum Gasteiger partial charge on any atom is -0.381 e. The lowest BCUT2D eigenvalue weighted by Gasteiger charge is -2.15. The predicted molar refractivity (Wildman–Crippen MR) is 110 cm³/mol. The van der Waals surface area contributed by atoms with Crippen LogP contribution in [-0.4, -0.2) is 62.7 Å². The molecule has 0 aliphatic carbocycles. The molecule has 1 aromatic rings. The summed E-state index contributed by atoms with van der Waals surface area (Å²) in [4.78, 5) is 18.4. The van der Waals surface area contributed by atoms with Crippen molar-refractivity contribution >= 4 is 11.9 Å². The van der Waals surface area contributed by atoms with E-state index in [0.717, 1.165) is 77.5 Å². The molecule has 2 rings (SSSR count). The number of aliphatic imine (C=N–C) groups is 1. The lowest BCUT2D eigenvalue weighted by atomic mass is 10.2. The summed E-state index contributed by atoms with van der Waals surface area (Å²) in [7, 11) is 0. The summed E-state index contributed by atoms with van der Waals surface area (Å²) in [6.45, 7) is 7.15. The van der Waals surface area contributed by atoms with Gasteiger partial charge >= 0.3 is 0 Å². The third-order valence-electron chi connectivity index (χ3n) is 4.56. The van der Waals surface area contributed by atoms with Gasteiger partial charge in [0.25, 0.3) is 0 Å². The minimum absolute atomic E-state index is 0.122. The largest absolute Gasteiger partial charge is 0.381 e. The van der Waals surface area contributed by atoms with E-state index >= 15 is 0 Å². The van der Waals surface area contributed by atoms with Crippen LogP contribution in [0.2, 0.25) is 0 Å². The lowest BCUT2D eigenvalue weighted by Crippen LogP contribution is -2.39. The van der Waals surface area contributed by atoms with E-state index in [0.29, 0.717) is 0 Å². The number of ether oxygens (including phenoxy) is 1. The first-order valence-electron chi connectivity index (χ1n) is 10.2. The fraction of sp³-hybridized carbons (Fsp3) is 0.619. The van der Waals surface area contributed by atoms with Crippen molar-refractivity contribution in [2.24, 2.45) is 4.99 Å². The van der Waals surface area contributed by atoms with E-state index in [1.54, 1.807) is 0 Å². The number of hydrogen-bond acceptors (Lipinski definition) is 3. The second-order valence-corrected chi connectivity index (χ2v) is 6.76. The van der Waals surface area contributed by atoms with Crippen LogP contribution < -0.4 is 10.6 Å². The Morgan fingerprint density at radius 2 is 1.89 bits per heavy atom. The third-order valence-corrected chi connectivity index (χ3v) is 4.56. The Kier molecular flexibility index (Phi) is 10.3. The number of benzene rings is 1. The molecule has 2 N–H and O–H groups in total. The average molecular weight is 375 g/mol. The van der Waals surface area contributed by atoms with E-state index in [4.69, 9.17) is 4.74 Å². The molecule has 6 nitrogen and oxygen atoms in total. The second kappa shape index (κ2) is 13.1. The number of carbonyl (C=O) groups excluding carboxylic acids is 1. The average Bonchev–Trinajstić information content (AvgIpc) is 3.23. The van der Waals surface area contributed by atoms with Gasteiger partial charge in [0.15, 0.2) is 5.96 Å². The van der Waals surface area contributed by atoms with Crippen molar-refractivity contribution in [2.45, 2.75) is 39.0 Å². The molecule has 1 aliphatic heterocycles. The molecule has 0 aromatic heterocycles. The van der Waals surface area contributed by atoms with Crippen molar-refractivity contribution in [3.63, 3.8) is 0 Å². The highest BCUT2D eigenvalue weighted by Crippen LogP contribution is 2.07. The van der Waals surface area contributed by atoms with Crippen molar-refractivity contribution in [1.29, 1.82) is 0 Å². The van der Waals surface area contributed by atoms with Gasteiger partial charge in [0.05, 0.1) is 6.61 Å². The molecule has 1 aromatic carbocycles. The zero-order valence-electron chi connectivity index (χ0n) is 16.6. The van der Waals surface area contributed by atoms with Crippen molar-refractivity contribution in [1.82, 2.24) is 15.5 Å². The summed E-state index contributed by atoms with van der Waals surface area (Å²) in [6.07, 6.45) is 5.20. The first-order valence-corrected chi connectivity index (χ1v) is 10.2. The van der Waals surface area contributed by atoms with Crippen molar-refractivity contribution in [2.75, 3.05) is 45.9 Å². The van der Waals surface area contributed by atoms with Crippen molar-refractivity contribution in [3.05, 3.63) is 35.9 Å². The number of guanidine groups is 1. The number of rotatable bonds is 11. The van der Waals surface area contributed by atoms with E-state index in [-0.39, 0.29) is 12.5 Å². The van der Waals surface area contributed by atoms with Gasteiger partial charge in [-0.15, -0.1) is 0 Å². The standard InChI is InChI=1S/C21H34N4O2/c1-2-22-21(24-18-20(26)25-14-7-8-15-25)23-13-6-9-16-27-17-12-19-10-4-3-5-11-19/h3-5,10-11H,2,6-9,12-18H2,1H3,(H2,22,23,24). The number of likely N-dealkylation sites (tertiary alicyclic amines) is 1. The van der Waals surface area contributed by atoms with Crippen LogP contribution in [0.5, 0.6) is 0 Å². The highest BCUT2D eigenvalue weighted by molar-refractivity contribution is 5.85. The highest BCUT2D eigenvalue weighted by Gasteiger charge is 2.17. The number of carbonyl (C=O) groups is 1. The Balaban J connectivity index is 1.53. The maximum absolute atomic E-state index is 12.1. The SMILES string of the molecule is CCNC(=NCC(=O)N1CCCC1)NCCCCOCCc1ccccc1. The fourth-order valence-corrected chi connectivity index (χ4v) is 3.03. The number of amides is 1. The molecule has 0 spiro atoms. The molecule has 1 amide bonds. The van der Waals surface area contributed by atoms with Crippen LogP contribution in [-0.2, 0) is 16.0 Å². The zero-order valence-corrected chi connectivity index (χ0v) is 16.6. The summed E-state index contributed by atoms with van der Waals surface area (Å²) < 4.78 is 5.70. The highest BCUT2D eigenvalue weighted by atomic mass is 16.5. The van der Waals surface area contributed by atoms with Gasteiger partial charge in [-0.3, -0.25) is 4.79 Å². The van der Waals surface area contributed by atoms with E-state index in [9.17, 15) is 4.79 Å². The maximum atomic E-state index is 12.1. The van der Waals surface area contributed by atoms with Crippen LogP contribution >= 0.6 is 0 Å². The van der Waals surface area contributed by atoms with Crippen molar-refractivity contribution < 1.29 is 9.53 Å². The number of hydrogen-bond donors (Lipinski definition) is 2. The molecule has 1 fully saturated rings. The van der Waals surface area contributed by atoms with Gasteiger partial charge in [0, 0.05) is 32.8 Å². The molecule has 150 valence electrons. The number of nitrogens with one attached hydrogen (secondary N) is 2. The summed E-state index contributed by atoms with van der Waals surface area (Å²) >= 11 is 0. The molecule has 0 bridgehead atoms. The molecule has 0 atom stereocenters. The van der Waals surface area contributed by atoms with Crippen LogP contribution in [0.15, 0.2) is 35.3 Å². The zero-order chi connectivity index (χ0) is 19.2. The Labute approximate surface area is 163 Å². The monoisotopic (exact) mass is 374 g/mol. The Bertz CT molecular complexity index is 557.